The maximum atomic E-state index is 12.4. The predicted molar refractivity (Wildman–Crippen MR) is 152 cm³/mol. The number of amides is 2. The van der Waals surface area contributed by atoms with Gasteiger partial charge in [0.05, 0.1) is 36.9 Å². The Morgan fingerprint density at radius 2 is 1.85 bits per heavy atom. The Hall–Kier alpha value is -2.57. The molecular weight excluding hydrogens is 530 g/mol. The molecule has 3 aliphatic heterocycles. The summed E-state index contributed by atoms with van der Waals surface area (Å²) in [6.07, 6.45) is 8.40. The molecule has 0 aromatic carbocycles. The van der Waals surface area contributed by atoms with Gasteiger partial charge < -0.3 is 29.4 Å². The second-order valence-electron chi connectivity index (χ2n) is 11.5. The van der Waals surface area contributed by atoms with E-state index in [2.05, 4.69) is 29.2 Å². The normalized spacial score (nSPS) is 36.3. The van der Waals surface area contributed by atoms with E-state index in [4.69, 9.17) is 18.9 Å². The lowest BCUT2D eigenvalue weighted by atomic mass is 9.84. The van der Waals surface area contributed by atoms with Crippen LogP contribution in [-0.4, -0.2) is 84.3 Å². The topological polar surface area (TPSA) is 148 Å². The molecule has 0 aromatic heterocycles. The summed E-state index contributed by atoms with van der Waals surface area (Å²) in [5.41, 5.74) is 5.51. The van der Waals surface area contributed by atoms with Crippen LogP contribution in [0.25, 0.3) is 0 Å². The van der Waals surface area contributed by atoms with Gasteiger partial charge in [-0.05, 0) is 52.5 Å². The number of carbonyl (C=O) groups is 3. The van der Waals surface area contributed by atoms with Crippen molar-refractivity contribution in [3.8, 4) is 0 Å². The number of nitrogens with one attached hydrogen (secondary N) is 3. The Labute approximate surface area is 243 Å². The van der Waals surface area contributed by atoms with E-state index in [-0.39, 0.29) is 54.6 Å². The Bertz CT molecular complexity index is 1030. The first-order valence-electron chi connectivity index (χ1n) is 14.5. The van der Waals surface area contributed by atoms with Crippen LogP contribution < -0.4 is 16.2 Å². The van der Waals surface area contributed by atoms with Crippen molar-refractivity contribution in [3.05, 3.63) is 36.0 Å². The summed E-state index contributed by atoms with van der Waals surface area (Å²) < 4.78 is 23.2. The molecular formula is C30H47N3O8. The fourth-order valence-corrected chi connectivity index (χ4v) is 5.67. The van der Waals surface area contributed by atoms with E-state index in [0.717, 1.165) is 12.0 Å². The molecule has 10 atom stereocenters. The summed E-state index contributed by atoms with van der Waals surface area (Å²) in [7, 11) is 1.63. The third kappa shape index (κ3) is 9.21. The molecule has 3 aliphatic rings. The molecule has 3 saturated heterocycles. The summed E-state index contributed by atoms with van der Waals surface area (Å²) in [5.74, 6) is -0.609. The molecule has 3 rings (SSSR count). The van der Waals surface area contributed by atoms with E-state index >= 15 is 0 Å². The number of carbonyl (C=O) groups excluding carboxylic acids is 3. The van der Waals surface area contributed by atoms with Crippen LogP contribution >= 0.6 is 0 Å². The first kappa shape index (κ1) is 32.9. The molecule has 0 bridgehead atoms. The van der Waals surface area contributed by atoms with Crippen LogP contribution in [0, 0.1) is 5.92 Å². The zero-order valence-electron chi connectivity index (χ0n) is 25.2. The first-order chi connectivity index (χ1) is 19.3. The molecule has 230 valence electrons. The molecule has 41 heavy (non-hydrogen) atoms. The highest BCUT2D eigenvalue weighted by molar-refractivity contribution is 5.87. The average Bonchev–Trinajstić information content (AvgIpc) is 3.53. The van der Waals surface area contributed by atoms with Gasteiger partial charge in [0.1, 0.15) is 23.9 Å². The van der Waals surface area contributed by atoms with E-state index in [1.807, 2.05) is 32.9 Å². The highest BCUT2D eigenvalue weighted by atomic mass is 16.6. The van der Waals surface area contributed by atoms with Crippen LogP contribution in [0.15, 0.2) is 36.0 Å². The highest BCUT2D eigenvalue weighted by Gasteiger charge is 2.64. The van der Waals surface area contributed by atoms with Gasteiger partial charge in [-0.15, -0.1) is 0 Å². The van der Waals surface area contributed by atoms with Crippen LogP contribution in [0.3, 0.4) is 0 Å². The lowest BCUT2D eigenvalue weighted by Gasteiger charge is -2.39. The second kappa shape index (κ2) is 14.6. The van der Waals surface area contributed by atoms with E-state index in [0.29, 0.717) is 12.8 Å². The minimum atomic E-state index is -0.820. The Balaban J connectivity index is 1.52. The highest BCUT2D eigenvalue weighted by Crippen LogP contribution is 2.49. The molecule has 0 aliphatic carbocycles. The van der Waals surface area contributed by atoms with Crippen LogP contribution in [0.5, 0.6) is 0 Å². The molecule has 11 nitrogen and oxygen atoms in total. The Kier molecular flexibility index (Phi) is 11.7. The summed E-state index contributed by atoms with van der Waals surface area (Å²) in [6.45, 7) is 11.0. The smallest absolute Gasteiger partial charge is 0.303 e. The number of aliphatic hydroxyl groups excluding tert-OH is 1. The fourth-order valence-electron chi connectivity index (χ4n) is 5.67. The third-order valence-electron chi connectivity index (χ3n) is 8.05. The number of hydrogen-bond acceptors (Lipinski definition) is 9. The second-order valence-corrected chi connectivity index (χ2v) is 11.5. The molecule has 11 heteroatoms. The van der Waals surface area contributed by atoms with Gasteiger partial charge in [-0.2, -0.15) is 0 Å². The van der Waals surface area contributed by atoms with Crippen LogP contribution in [0.1, 0.15) is 67.2 Å². The molecule has 3 fully saturated rings. The van der Waals surface area contributed by atoms with Crippen molar-refractivity contribution in [1.29, 1.82) is 0 Å². The maximum absolute atomic E-state index is 12.4. The Morgan fingerprint density at radius 1 is 1.15 bits per heavy atom. The predicted octanol–water partition coefficient (Wildman–Crippen LogP) is 2.00. The number of allylic oxidation sites excluding steroid dienone is 2. The lowest BCUT2D eigenvalue weighted by molar-refractivity contribution is -0.146. The minimum Gasteiger partial charge on any atom is -0.459 e. The van der Waals surface area contributed by atoms with Crippen LogP contribution in [-0.2, 0) is 33.3 Å². The van der Waals surface area contributed by atoms with Gasteiger partial charge in [-0.25, -0.2) is 5.43 Å². The average molecular weight is 578 g/mol. The van der Waals surface area contributed by atoms with Crippen molar-refractivity contribution in [3.63, 3.8) is 0 Å². The molecule has 1 spiro atoms. The number of esters is 1. The van der Waals surface area contributed by atoms with Gasteiger partial charge in [0.2, 0.25) is 11.8 Å². The maximum Gasteiger partial charge on any atom is 0.303 e. The zero-order valence-corrected chi connectivity index (χ0v) is 25.2. The van der Waals surface area contributed by atoms with Gasteiger partial charge in [-0.3, -0.25) is 19.8 Å². The van der Waals surface area contributed by atoms with Gasteiger partial charge in [-0.1, -0.05) is 30.7 Å². The zero-order chi connectivity index (χ0) is 30.3. The van der Waals surface area contributed by atoms with Crippen LogP contribution in [0.2, 0.25) is 0 Å². The lowest BCUT2D eigenvalue weighted by Crippen LogP contribution is -2.52. The number of ether oxygens (including phenoxy) is 4. The van der Waals surface area contributed by atoms with E-state index in [9.17, 15) is 19.5 Å². The molecule has 4 N–H and O–H groups in total. The molecule has 1 unspecified atom stereocenters. The third-order valence-corrected chi connectivity index (χ3v) is 8.05. The monoisotopic (exact) mass is 577 g/mol. The molecule has 0 aromatic rings. The molecule has 3 heterocycles. The van der Waals surface area contributed by atoms with Gasteiger partial charge in [0.25, 0.3) is 0 Å². The Morgan fingerprint density at radius 3 is 2.49 bits per heavy atom. The fraction of sp³-hybridized carbons (Fsp3) is 0.700. The van der Waals surface area contributed by atoms with Gasteiger partial charge >= 0.3 is 5.97 Å². The number of aliphatic hydroxyl groups is 1. The van der Waals surface area contributed by atoms with Crippen molar-refractivity contribution in [1.82, 2.24) is 16.2 Å². The van der Waals surface area contributed by atoms with Crippen LogP contribution in [0.4, 0.5) is 0 Å². The van der Waals surface area contributed by atoms with Crippen molar-refractivity contribution in [2.24, 2.45) is 5.92 Å². The van der Waals surface area contributed by atoms with Gasteiger partial charge in [0, 0.05) is 26.5 Å². The van der Waals surface area contributed by atoms with Crippen molar-refractivity contribution in [2.75, 3.05) is 7.05 Å². The number of epoxide rings is 1. The van der Waals surface area contributed by atoms with Crippen molar-refractivity contribution in [2.45, 2.75) is 122 Å². The molecule has 0 radical (unpaired) electrons. The van der Waals surface area contributed by atoms with Crippen molar-refractivity contribution < 1.29 is 38.4 Å². The van der Waals surface area contributed by atoms with Gasteiger partial charge in [0.15, 0.2) is 0 Å². The summed E-state index contributed by atoms with van der Waals surface area (Å²) in [4.78, 5) is 35.5. The summed E-state index contributed by atoms with van der Waals surface area (Å²) in [5, 5.41) is 14.0. The number of hydrazine groups is 1. The summed E-state index contributed by atoms with van der Waals surface area (Å²) in [6, 6.07) is -0.125. The molecule has 2 amide bonds. The largest absolute Gasteiger partial charge is 0.459 e. The van der Waals surface area contributed by atoms with E-state index in [1.54, 1.807) is 20.0 Å². The first-order valence-corrected chi connectivity index (χ1v) is 14.5. The van der Waals surface area contributed by atoms with E-state index < -0.39 is 29.9 Å². The number of rotatable bonds is 11. The van der Waals surface area contributed by atoms with Crippen molar-refractivity contribution >= 4 is 17.8 Å². The standard InChI is InChI=1S/C30H47N3O8/c1-17(9-12-26-29(37)30(21(5)41-30)16-23(40-26)15-28(36)33-31-7)8-11-25-18(2)14-24(20(4)39-25)32-27(35)13-10-19(3)38-22(6)34/h8-10,12-13,18-21,23-26,29,31,37H,11,14-16H2,1-7H3,(H,32,35)(H,33,36)/b12-9+,13-10-,17-8+/t18-,19-,20+,21+,23+,24?,25-,26+,29+,30+/m0/s1. The number of hydrogen-bond donors (Lipinski definition) is 4. The minimum absolute atomic E-state index is 0.00314. The quantitative estimate of drug-likeness (QED) is 0.0952. The van der Waals surface area contributed by atoms with E-state index in [1.165, 1.54) is 13.0 Å². The molecule has 0 saturated carbocycles. The SMILES string of the molecule is CNNC(=O)C[C@@H]1C[C@]2(O[C@@H]2C)[C@H](O)[C@@H](/C=C/C(C)=C/C[C@@H]2O[C@H](C)C(NC(=O)/C=C\[C@H](C)OC(C)=O)C[C@@H]2C)O1. The summed E-state index contributed by atoms with van der Waals surface area (Å²) >= 11 is 0.